The highest BCUT2D eigenvalue weighted by Gasteiger charge is 2.35. The van der Waals surface area contributed by atoms with Crippen LogP contribution in [0.5, 0.6) is 0 Å². The molecule has 0 radical (unpaired) electrons. The van der Waals surface area contributed by atoms with Crippen molar-refractivity contribution in [3.05, 3.63) is 47.5 Å². The van der Waals surface area contributed by atoms with Crippen molar-refractivity contribution >= 4 is 11.3 Å². The molecule has 2 aromatic heterocycles. The van der Waals surface area contributed by atoms with Gasteiger partial charge in [-0.05, 0) is 66.1 Å². The molecule has 0 amide bonds. The molecule has 0 unspecified atom stereocenters. The van der Waals surface area contributed by atoms with Gasteiger partial charge in [0.25, 0.3) is 0 Å². The van der Waals surface area contributed by atoms with Crippen molar-refractivity contribution < 1.29 is 5.11 Å². The maximum atomic E-state index is 9.34. The van der Waals surface area contributed by atoms with Crippen molar-refractivity contribution in [3.8, 4) is 21.7 Å². The largest absolute Gasteiger partial charge is 0.392 e. The summed E-state index contributed by atoms with van der Waals surface area (Å²) in [7, 11) is 0. The lowest BCUT2D eigenvalue weighted by atomic mass is 9.84. The summed E-state index contributed by atoms with van der Waals surface area (Å²) >= 11 is 1.70. The van der Waals surface area contributed by atoms with E-state index in [9.17, 15) is 5.11 Å². The van der Waals surface area contributed by atoms with Crippen molar-refractivity contribution in [1.29, 1.82) is 0 Å². The second-order valence-corrected chi connectivity index (χ2v) is 8.26. The van der Waals surface area contributed by atoms with Crippen molar-refractivity contribution in [2.45, 2.75) is 25.5 Å². The van der Waals surface area contributed by atoms with E-state index in [2.05, 4.69) is 43.6 Å². The van der Waals surface area contributed by atoms with Gasteiger partial charge in [0.1, 0.15) is 5.69 Å². The first kappa shape index (κ1) is 16.2. The van der Waals surface area contributed by atoms with E-state index in [-0.39, 0.29) is 6.61 Å². The van der Waals surface area contributed by atoms with Gasteiger partial charge in [-0.3, -0.25) is 0 Å². The number of fused-ring (bicyclic) bond motifs is 3. The summed E-state index contributed by atoms with van der Waals surface area (Å²) in [6, 6.07) is 10.7. The lowest BCUT2D eigenvalue weighted by molar-refractivity contribution is 0.0504. The van der Waals surface area contributed by atoms with Gasteiger partial charge < -0.3 is 10.0 Å². The number of thiophene rings is 1. The Morgan fingerprint density at radius 1 is 1.15 bits per heavy atom. The molecule has 3 saturated heterocycles. The third-order valence-corrected chi connectivity index (χ3v) is 6.72. The minimum Gasteiger partial charge on any atom is -0.392 e. The van der Waals surface area contributed by atoms with Gasteiger partial charge in [0, 0.05) is 6.54 Å². The maximum absolute atomic E-state index is 9.34. The van der Waals surface area contributed by atoms with Crippen LogP contribution in [0.1, 0.15) is 24.4 Å². The van der Waals surface area contributed by atoms with Crippen molar-refractivity contribution in [1.82, 2.24) is 19.9 Å². The molecular weight excluding hydrogens is 344 g/mol. The lowest BCUT2D eigenvalue weighted by Gasteiger charge is -2.44. The summed E-state index contributed by atoms with van der Waals surface area (Å²) in [6.45, 7) is 3.66. The van der Waals surface area contributed by atoms with Crippen LogP contribution >= 0.6 is 11.3 Å². The Kier molecular flexibility index (Phi) is 4.11. The molecule has 3 aliphatic heterocycles. The van der Waals surface area contributed by atoms with E-state index < -0.39 is 0 Å². The van der Waals surface area contributed by atoms with Crippen LogP contribution in [0.3, 0.4) is 0 Å². The predicted molar refractivity (Wildman–Crippen MR) is 103 cm³/mol. The van der Waals surface area contributed by atoms with Gasteiger partial charge >= 0.3 is 0 Å². The Hall–Kier alpha value is -2.02. The Labute approximate surface area is 156 Å². The van der Waals surface area contributed by atoms with Gasteiger partial charge in [-0.2, -0.15) is 0 Å². The van der Waals surface area contributed by atoms with Crippen molar-refractivity contribution in [2.24, 2.45) is 5.92 Å². The molecule has 5 heterocycles. The summed E-state index contributed by atoms with van der Waals surface area (Å²) < 4.78 is 2.09. The fourth-order valence-electron chi connectivity index (χ4n) is 4.26. The number of aliphatic hydroxyl groups is 1. The molecule has 5 nitrogen and oxygen atoms in total. The first-order valence-electron chi connectivity index (χ1n) is 9.23. The van der Waals surface area contributed by atoms with Gasteiger partial charge in [0.2, 0.25) is 0 Å². The summed E-state index contributed by atoms with van der Waals surface area (Å²) in [5.41, 5.74) is 4.18. The zero-order valence-corrected chi connectivity index (χ0v) is 15.4. The Morgan fingerprint density at radius 2 is 2.04 bits per heavy atom. The standard InChI is InChI=1S/C20H22N4OS/c25-12-14-2-1-3-16(8-14)17-9-20(26-13-17)18-10-24(22-21-18)19-11-23-6-4-15(19)5-7-23/h1-3,8-10,13,15,19,25H,4-7,11-12H2/t19-/m0/s1. The molecule has 3 fully saturated rings. The average molecular weight is 366 g/mol. The minimum absolute atomic E-state index is 0.0682. The molecule has 0 saturated carbocycles. The highest BCUT2D eigenvalue weighted by molar-refractivity contribution is 7.14. The molecule has 3 aliphatic rings. The normalized spacial score (nSPS) is 24.9. The number of nitrogens with zero attached hydrogens (tertiary/aromatic N) is 4. The molecule has 134 valence electrons. The average Bonchev–Trinajstić information content (AvgIpc) is 3.38. The highest BCUT2D eigenvalue weighted by atomic mass is 32.1. The zero-order chi connectivity index (χ0) is 17.5. The number of benzene rings is 1. The first-order valence-corrected chi connectivity index (χ1v) is 10.1. The number of hydrogen-bond acceptors (Lipinski definition) is 5. The summed E-state index contributed by atoms with van der Waals surface area (Å²) in [5.74, 6) is 0.745. The van der Waals surface area contributed by atoms with Crippen LogP contribution in [0.25, 0.3) is 21.7 Å². The number of rotatable bonds is 4. The molecule has 3 aromatic rings. The van der Waals surface area contributed by atoms with Gasteiger partial charge in [0.05, 0.1) is 23.7 Å². The molecule has 1 atom stereocenters. The van der Waals surface area contributed by atoms with E-state index in [4.69, 9.17) is 0 Å². The van der Waals surface area contributed by atoms with Crippen molar-refractivity contribution in [3.63, 3.8) is 0 Å². The molecule has 6 rings (SSSR count). The SMILES string of the molecule is OCc1cccc(-c2csc(-c3cn([C@H]4CN5CCC4CC5)nn3)c2)c1. The summed E-state index contributed by atoms with van der Waals surface area (Å²) in [6.07, 6.45) is 4.68. The second-order valence-electron chi connectivity index (χ2n) is 7.35. The smallest absolute Gasteiger partial charge is 0.123 e. The van der Waals surface area contributed by atoms with E-state index >= 15 is 0 Å². The molecule has 2 bridgehead atoms. The molecule has 1 aromatic carbocycles. The van der Waals surface area contributed by atoms with Gasteiger partial charge in [-0.1, -0.05) is 23.4 Å². The fraction of sp³-hybridized carbons (Fsp3) is 0.400. The lowest BCUT2D eigenvalue weighted by Crippen LogP contribution is -2.48. The van der Waals surface area contributed by atoms with Crippen LogP contribution in [0.4, 0.5) is 0 Å². The fourth-order valence-corrected chi connectivity index (χ4v) is 5.12. The van der Waals surface area contributed by atoms with Crippen LogP contribution in [-0.4, -0.2) is 44.6 Å². The third-order valence-electron chi connectivity index (χ3n) is 5.77. The van der Waals surface area contributed by atoms with Gasteiger partial charge in [-0.25, -0.2) is 4.68 Å². The van der Waals surface area contributed by atoms with Crippen LogP contribution < -0.4 is 0 Å². The maximum Gasteiger partial charge on any atom is 0.123 e. The van der Waals surface area contributed by atoms with E-state index in [1.54, 1.807) is 11.3 Å². The monoisotopic (exact) mass is 366 g/mol. The molecule has 0 aliphatic carbocycles. The number of aliphatic hydroxyl groups excluding tert-OH is 1. The predicted octanol–water partition coefficient (Wildman–Crippen LogP) is 3.43. The van der Waals surface area contributed by atoms with Crippen LogP contribution in [0.15, 0.2) is 41.9 Å². The Morgan fingerprint density at radius 3 is 2.81 bits per heavy atom. The summed E-state index contributed by atoms with van der Waals surface area (Å²) in [5, 5.41) is 20.4. The van der Waals surface area contributed by atoms with Crippen LogP contribution in [-0.2, 0) is 6.61 Å². The minimum atomic E-state index is 0.0682. The van der Waals surface area contributed by atoms with E-state index in [0.29, 0.717) is 6.04 Å². The number of hydrogen-bond donors (Lipinski definition) is 1. The molecule has 1 N–H and O–H groups in total. The molecule has 0 spiro atoms. The number of aromatic nitrogens is 3. The molecule has 6 heteroatoms. The first-order chi connectivity index (χ1) is 12.8. The van der Waals surface area contributed by atoms with E-state index in [0.717, 1.165) is 39.7 Å². The van der Waals surface area contributed by atoms with E-state index in [1.165, 1.54) is 25.9 Å². The van der Waals surface area contributed by atoms with Crippen molar-refractivity contribution in [2.75, 3.05) is 19.6 Å². The highest BCUT2D eigenvalue weighted by Crippen LogP contribution is 2.37. The van der Waals surface area contributed by atoms with Gasteiger partial charge in [0.15, 0.2) is 0 Å². The quantitative estimate of drug-likeness (QED) is 0.769. The number of piperidine rings is 3. The van der Waals surface area contributed by atoms with Crippen LogP contribution in [0, 0.1) is 5.92 Å². The van der Waals surface area contributed by atoms with E-state index in [1.807, 2.05) is 18.2 Å². The molecular formula is C20H22N4OS. The topological polar surface area (TPSA) is 54.2 Å². The molecule has 26 heavy (non-hydrogen) atoms. The van der Waals surface area contributed by atoms with Crippen LogP contribution in [0.2, 0.25) is 0 Å². The Bertz CT molecular complexity index is 910. The zero-order valence-electron chi connectivity index (χ0n) is 14.6. The summed E-state index contributed by atoms with van der Waals surface area (Å²) in [4.78, 5) is 3.69. The third kappa shape index (κ3) is 2.88. The second kappa shape index (κ2) is 6.61. The Balaban J connectivity index is 1.39. The van der Waals surface area contributed by atoms with Gasteiger partial charge in [-0.15, -0.1) is 16.4 Å².